The van der Waals surface area contributed by atoms with E-state index in [2.05, 4.69) is 36.7 Å². The summed E-state index contributed by atoms with van der Waals surface area (Å²) in [5, 5.41) is 3.59. The van der Waals surface area contributed by atoms with E-state index in [0.29, 0.717) is 0 Å². The Kier molecular flexibility index (Phi) is 4.27. The van der Waals surface area contributed by atoms with Crippen molar-refractivity contribution in [3.63, 3.8) is 0 Å². The van der Waals surface area contributed by atoms with Gasteiger partial charge in [-0.05, 0) is 51.3 Å². The van der Waals surface area contributed by atoms with Crippen LogP contribution < -0.4 is 5.32 Å². The molecular weight excluding hydrogens is 208 g/mol. The zero-order valence-electron chi connectivity index (χ0n) is 11.6. The summed E-state index contributed by atoms with van der Waals surface area (Å²) in [6.45, 7) is 9.95. The highest BCUT2D eigenvalue weighted by molar-refractivity contribution is 5.26. The first-order valence-electron chi connectivity index (χ1n) is 7.08. The molecule has 0 amide bonds. The van der Waals surface area contributed by atoms with Gasteiger partial charge in [0.15, 0.2) is 0 Å². The highest BCUT2D eigenvalue weighted by atomic mass is 15.0. The molecule has 0 spiro atoms. The molecular formula is C15H26N2. The third-order valence-electron chi connectivity index (χ3n) is 4.26. The van der Waals surface area contributed by atoms with Crippen molar-refractivity contribution in [2.45, 2.75) is 59.5 Å². The van der Waals surface area contributed by atoms with Gasteiger partial charge in [0.2, 0.25) is 0 Å². The van der Waals surface area contributed by atoms with E-state index in [1.165, 1.54) is 49.2 Å². The lowest BCUT2D eigenvalue weighted by atomic mass is 9.83. The number of hydrogen-bond donors (Lipinski definition) is 1. The van der Waals surface area contributed by atoms with Crippen molar-refractivity contribution in [2.24, 2.45) is 5.92 Å². The van der Waals surface area contributed by atoms with Crippen LogP contribution in [0.5, 0.6) is 0 Å². The average Bonchev–Trinajstić information content (AvgIpc) is 2.51. The molecule has 1 aromatic heterocycles. The fourth-order valence-corrected chi connectivity index (χ4v) is 2.85. The summed E-state index contributed by atoms with van der Waals surface area (Å²) in [6, 6.07) is 2.33. The van der Waals surface area contributed by atoms with Gasteiger partial charge in [-0.1, -0.05) is 19.3 Å². The van der Waals surface area contributed by atoms with E-state index in [9.17, 15) is 0 Å². The van der Waals surface area contributed by atoms with Gasteiger partial charge in [-0.2, -0.15) is 0 Å². The third-order valence-corrected chi connectivity index (χ3v) is 4.26. The predicted octanol–water partition coefficient (Wildman–Crippen LogP) is 3.40. The molecule has 0 radical (unpaired) electrons. The number of nitrogens with zero attached hydrogens (tertiary/aromatic N) is 1. The lowest BCUT2D eigenvalue weighted by Gasteiger charge is -2.25. The van der Waals surface area contributed by atoms with E-state index in [4.69, 9.17) is 0 Å². The summed E-state index contributed by atoms with van der Waals surface area (Å²) in [5.74, 6) is 1.02. The molecule has 1 aliphatic carbocycles. The Labute approximate surface area is 105 Å². The van der Waals surface area contributed by atoms with Crippen molar-refractivity contribution < 1.29 is 0 Å². The minimum Gasteiger partial charge on any atom is -0.349 e. The first kappa shape index (κ1) is 12.7. The van der Waals surface area contributed by atoms with E-state index in [-0.39, 0.29) is 0 Å². The number of aromatic nitrogens is 1. The molecule has 0 atom stereocenters. The van der Waals surface area contributed by atoms with Crippen molar-refractivity contribution in [2.75, 3.05) is 6.54 Å². The molecule has 1 N–H and O–H groups in total. The monoisotopic (exact) mass is 234 g/mol. The van der Waals surface area contributed by atoms with Crippen molar-refractivity contribution in [1.29, 1.82) is 0 Å². The summed E-state index contributed by atoms with van der Waals surface area (Å²) in [5.41, 5.74) is 4.29. The standard InChI is InChI=1S/C15H26N2/c1-4-17-12(2)10-15(13(17)3)11-16-9-8-14-6-5-7-14/h10,14,16H,4-9,11H2,1-3H3. The van der Waals surface area contributed by atoms with E-state index in [1.54, 1.807) is 0 Å². The summed E-state index contributed by atoms with van der Waals surface area (Å²) < 4.78 is 2.39. The highest BCUT2D eigenvalue weighted by Gasteiger charge is 2.16. The topological polar surface area (TPSA) is 17.0 Å². The quantitative estimate of drug-likeness (QED) is 0.746. The molecule has 2 rings (SSSR count). The maximum Gasteiger partial charge on any atom is 0.0223 e. The molecule has 0 unspecified atom stereocenters. The molecule has 2 heteroatoms. The molecule has 1 aliphatic rings. The van der Waals surface area contributed by atoms with Crippen LogP contribution in [0.2, 0.25) is 0 Å². The minimum absolute atomic E-state index is 1.02. The van der Waals surface area contributed by atoms with Crippen molar-refractivity contribution in [1.82, 2.24) is 9.88 Å². The van der Waals surface area contributed by atoms with Gasteiger partial charge in [0, 0.05) is 24.5 Å². The molecule has 17 heavy (non-hydrogen) atoms. The second-order valence-corrected chi connectivity index (χ2v) is 5.40. The van der Waals surface area contributed by atoms with Crippen LogP contribution in [-0.2, 0) is 13.1 Å². The predicted molar refractivity (Wildman–Crippen MR) is 73.2 cm³/mol. The fourth-order valence-electron chi connectivity index (χ4n) is 2.85. The van der Waals surface area contributed by atoms with Crippen molar-refractivity contribution >= 4 is 0 Å². The molecule has 0 aliphatic heterocycles. The van der Waals surface area contributed by atoms with Crippen LogP contribution in [-0.4, -0.2) is 11.1 Å². The Hall–Kier alpha value is -0.760. The Bertz CT molecular complexity index is 361. The Balaban J connectivity index is 1.77. The summed E-state index contributed by atoms with van der Waals surface area (Å²) >= 11 is 0. The second-order valence-electron chi connectivity index (χ2n) is 5.40. The van der Waals surface area contributed by atoms with Crippen LogP contribution in [0.3, 0.4) is 0 Å². The maximum atomic E-state index is 3.59. The Morgan fingerprint density at radius 2 is 2.12 bits per heavy atom. The first-order chi connectivity index (χ1) is 8.22. The van der Waals surface area contributed by atoms with Gasteiger partial charge < -0.3 is 9.88 Å². The normalized spacial score (nSPS) is 16.2. The van der Waals surface area contributed by atoms with Crippen molar-refractivity contribution in [3.8, 4) is 0 Å². The number of rotatable bonds is 6. The minimum atomic E-state index is 1.02. The summed E-state index contributed by atoms with van der Waals surface area (Å²) in [4.78, 5) is 0. The van der Waals surface area contributed by atoms with Crippen LogP contribution in [0.15, 0.2) is 6.07 Å². The van der Waals surface area contributed by atoms with E-state index in [1.807, 2.05) is 0 Å². The van der Waals surface area contributed by atoms with Crippen LogP contribution in [0.4, 0.5) is 0 Å². The van der Waals surface area contributed by atoms with Crippen LogP contribution in [0, 0.1) is 19.8 Å². The zero-order valence-corrected chi connectivity index (χ0v) is 11.6. The van der Waals surface area contributed by atoms with Gasteiger partial charge in [0.1, 0.15) is 0 Å². The molecule has 1 heterocycles. The third kappa shape index (κ3) is 2.92. The van der Waals surface area contributed by atoms with Crippen molar-refractivity contribution in [3.05, 3.63) is 23.0 Å². The van der Waals surface area contributed by atoms with E-state index in [0.717, 1.165) is 19.0 Å². The number of hydrogen-bond acceptors (Lipinski definition) is 1. The van der Waals surface area contributed by atoms with Gasteiger partial charge in [-0.3, -0.25) is 0 Å². The molecule has 1 aromatic rings. The van der Waals surface area contributed by atoms with Gasteiger partial charge in [0.25, 0.3) is 0 Å². The Morgan fingerprint density at radius 1 is 1.35 bits per heavy atom. The van der Waals surface area contributed by atoms with Crippen LogP contribution >= 0.6 is 0 Å². The van der Waals surface area contributed by atoms with Crippen LogP contribution in [0.25, 0.3) is 0 Å². The maximum absolute atomic E-state index is 3.59. The number of nitrogens with one attached hydrogen (secondary N) is 1. The fraction of sp³-hybridized carbons (Fsp3) is 0.733. The lowest BCUT2D eigenvalue weighted by Crippen LogP contribution is -2.21. The molecule has 0 bridgehead atoms. The molecule has 2 nitrogen and oxygen atoms in total. The first-order valence-corrected chi connectivity index (χ1v) is 7.08. The van der Waals surface area contributed by atoms with Crippen LogP contribution in [0.1, 0.15) is 49.6 Å². The van der Waals surface area contributed by atoms with E-state index >= 15 is 0 Å². The van der Waals surface area contributed by atoms with Gasteiger partial charge in [-0.25, -0.2) is 0 Å². The lowest BCUT2D eigenvalue weighted by molar-refractivity contribution is 0.292. The molecule has 0 saturated heterocycles. The highest BCUT2D eigenvalue weighted by Crippen LogP contribution is 2.28. The zero-order chi connectivity index (χ0) is 12.3. The van der Waals surface area contributed by atoms with Gasteiger partial charge in [0.05, 0.1) is 0 Å². The average molecular weight is 234 g/mol. The molecule has 0 aromatic carbocycles. The van der Waals surface area contributed by atoms with Gasteiger partial charge >= 0.3 is 0 Å². The Morgan fingerprint density at radius 3 is 2.65 bits per heavy atom. The largest absolute Gasteiger partial charge is 0.349 e. The smallest absolute Gasteiger partial charge is 0.0223 e. The molecule has 96 valence electrons. The number of aryl methyl sites for hydroxylation is 1. The second kappa shape index (κ2) is 5.72. The molecule has 1 fully saturated rings. The summed E-state index contributed by atoms with van der Waals surface area (Å²) in [7, 11) is 0. The summed E-state index contributed by atoms with van der Waals surface area (Å²) in [6.07, 6.45) is 5.76. The SMILES string of the molecule is CCn1c(C)cc(CNCCC2CCC2)c1C. The van der Waals surface area contributed by atoms with Gasteiger partial charge in [-0.15, -0.1) is 0 Å². The molecule has 1 saturated carbocycles. The van der Waals surface area contributed by atoms with E-state index < -0.39 is 0 Å².